The minimum Gasteiger partial charge on any atom is -0.313 e. The van der Waals surface area contributed by atoms with Crippen molar-refractivity contribution in [2.75, 3.05) is 17.9 Å². The van der Waals surface area contributed by atoms with E-state index in [9.17, 15) is 0 Å². The fourth-order valence-electron chi connectivity index (χ4n) is 2.41. The van der Waals surface area contributed by atoms with Gasteiger partial charge in [-0.2, -0.15) is 11.8 Å². The first-order chi connectivity index (χ1) is 10.3. The second-order valence-electron chi connectivity index (χ2n) is 5.02. The summed E-state index contributed by atoms with van der Waals surface area (Å²) in [6.07, 6.45) is 9.60. The van der Waals surface area contributed by atoms with Gasteiger partial charge in [0.1, 0.15) is 11.3 Å². The van der Waals surface area contributed by atoms with E-state index in [1.165, 1.54) is 25.0 Å². The second-order valence-corrected chi connectivity index (χ2v) is 6.82. The standard InChI is InChI=1S/C15H21Cl2N3S/c1-21-9-5-3-2-4-8-20-14(6-7-16)19-13-10-12(17)11-18-15(13)20/h10-11H,2-9H2,1H3. The minimum atomic E-state index is 0.574. The summed E-state index contributed by atoms with van der Waals surface area (Å²) in [5.41, 5.74) is 1.79. The molecule has 0 unspecified atom stereocenters. The van der Waals surface area contributed by atoms with E-state index in [2.05, 4.69) is 20.8 Å². The number of pyridine rings is 1. The number of thioether (sulfide) groups is 1. The summed E-state index contributed by atoms with van der Waals surface area (Å²) < 4.78 is 2.20. The molecule has 21 heavy (non-hydrogen) atoms. The molecular weight excluding hydrogens is 325 g/mol. The lowest BCUT2D eigenvalue weighted by Crippen LogP contribution is -2.05. The number of halogens is 2. The van der Waals surface area contributed by atoms with Gasteiger partial charge >= 0.3 is 0 Å². The number of unbranched alkanes of at least 4 members (excludes halogenated alkanes) is 3. The predicted octanol–water partition coefficient (Wildman–Crippen LogP) is 4.79. The molecule has 2 aromatic rings. The molecular formula is C15H21Cl2N3S. The van der Waals surface area contributed by atoms with E-state index in [0.717, 1.165) is 36.4 Å². The first-order valence-electron chi connectivity index (χ1n) is 7.32. The lowest BCUT2D eigenvalue weighted by molar-refractivity contribution is 0.575. The van der Waals surface area contributed by atoms with Gasteiger partial charge in [-0.15, -0.1) is 11.6 Å². The number of aromatic nitrogens is 3. The molecule has 0 aliphatic rings. The fourth-order valence-corrected chi connectivity index (χ4v) is 3.23. The van der Waals surface area contributed by atoms with Crippen molar-refractivity contribution in [1.29, 1.82) is 0 Å². The Labute approximate surface area is 140 Å². The van der Waals surface area contributed by atoms with Crippen molar-refractivity contribution in [1.82, 2.24) is 14.5 Å². The lowest BCUT2D eigenvalue weighted by atomic mass is 10.2. The van der Waals surface area contributed by atoms with Crippen LogP contribution in [-0.4, -0.2) is 32.4 Å². The highest BCUT2D eigenvalue weighted by Gasteiger charge is 2.11. The van der Waals surface area contributed by atoms with E-state index in [1.807, 2.05) is 17.8 Å². The van der Waals surface area contributed by atoms with Crippen LogP contribution in [0.4, 0.5) is 0 Å². The second kappa shape index (κ2) is 8.86. The van der Waals surface area contributed by atoms with Crippen LogP contribution >= 0.6 is 35.0 Å². The van der Waals surface area contributed by atoms with Gasteiger partial charge in [0, 0.05) is 25.0 Å². The first kappa shape index (κ1) is 16.9. The van der Waals surface area contributed by atoms with Gasteiger partial charge in [-0.25, -0.2) is 9.97 Å². The summed E-state index contributed by atoms with van der Waals surface area (Å²) in [4.78, 5) is 9.05. The molecule has 0 aliphatic heterocycles. The van der Waals surface area contributed by atoms with Crippen molar-refractivity contribution in [2.45, 2.75) is 38.6 Å². The predicted molar refractivity (Wildman–Crippen MR) is 93.8 cm³/mol. The molecule has 0 spiro atoms. The number of hydrogen-bond acceptors (Lipinski definition) is 3. The molecule has 0 fully saturated rings. The summed E-state index contributed by atoms with van der Waals surface area (Å²) in [6, 6.07) is 1.87. The summed E-state index contributed by atoms with van der Waals surface area (Å²) in [5.74, 6) is 2.84. The highest BCUT2D eigenvalue weighted by Crippen LogP contribution is 2.19. The van der Waals surface area contributed by atoms with Gasteiger partial charge < -0.3 is 4.57 Å². The third kappa shape index (κ3) is 4.76. The van der Waals surface area contributed by atoms with Gasteiger partial charge in [-0.1, -0.05) is 24.4 Å². The Morgan fingerprint density at radius 2 is 2.05 bits per heavy atom. The molecule has 0 aromatic carbocycles. The number of hydrogen-bond donors (Lipinski definition) is 0. The lowest BCUT2D eigenvalue weighted by Gasteiger charge is -2.07. The largest absolute Gasteiger partial charge is 0.313 e. The minimum absolute atomic E-state index is 0.574. The SMILES string of the molecule is CSCCCCCCn1c(CCCl)nc2cc(Cl)cnc21. The Morgan fingerprint density at radius 3 is 2.81 bits per heavy atom. The molecule has 6 heteroatoms. The Morgan fingerprint density at radius 1 is 1.24 bits per heavy atom. The summed E-state index contributed by atoms with van der Waals surface area (Å²) in [5, 5.41) is 0.627. The van der Waals surface area contributed by atoms with Crippen LogP contribution in [0.5, 0.6) is 0 Å². The topological polar surface area (TPSA) is 30.7 Å². The number of rotatable bonds is 9. The summed E-state index contributed by atoms with van der Waals surface area (Å²) in [6.45, 7) is 0.955. The quantitative estimate of drug-likeness (QED) is 0.483. The molecule has 2 heterocycles. The number of imidazole rings is 1. The highest BCUT2D eigenvalue weighted by atomic mass is 35.5. The maximum absolute atomic E-state index is 5.99. The van der Waals surface area contributed by atoms with Gasteiger partial charge in [-0.05, 0) is 30.9 Å². The molecule has 0 saturated carbocycles. The van der Waals surface area contributed by atoms with Crippen molar-refractivity contribution in [3.05, 3.63) is 23.1 Å². The Balaban J connectivity index is 2.04. The van der Waals surface area contributed by atoms with Gasteiger partial charge in [0.25, 0.3) is 0 Å². The van der Waals surface area contributed by atoms with Crippen molar-refractivity contribution in [3.8, 4) is 0 Å². The van der Waals surface area contributed by atoms with Crippen molar-refractivity contribution < 1.29 is 0 Å². The van der Waals surface area contributed by atoms with Gasteiger partial charge in [0.2, 0.25) is 0 Å². The van der Waals surface area contributed by atoms with Crippen LogP contribution in [0.1, 0.15) is 31.5 Å². The van der Waals surface area contributed by atoms with Crippen LogP contribution in [0.25, 0.3) is 11.2 Å². The van der Waals surface area contributed by atoms with E-state index in [4.69, 9.17) is 23.2 Å². The molecule has 0 saturated heterocycles. The van der Waals surface area contributed by atoms with Gasteiger partial charge in [0.15, 0.2) is 5.65 Å². The molecule has 0 bridgehead atoms. The summed E-state index contributed by atoms with van der Waals surface area (Å²) >= 11 is 13.8. The Kier molecular flexibility index (Phi) is 7.14. The molecule has 3 nitrogen and oxygen atoms in total. The van der Waals surface area contributed by atoms with Crippen LogP contribution in [0.2, 0.25) is 5.02 Å². The molecule has 2 aromatic heterocycles. The molecule has 0 atom stereocenters. The Bertz CT molecular complexity index is 571. The van der Waals surface area contributed by atoms with Crippen LogP contribution in [-0.2, 0) is 13.0 Å². The van der Waals surface area contributed by atoms with E-state index >= 15 is 0 Å². The van der Waals surface area contributed by atoms with Crippen molar-refractivity contribution in [3.63, 3.8) is 0 Å². The number of nitrogens with zero attached hydrogens (tertiary/aromatic N) is 3. The maximum Gasteiger partial charge on any atom is 0.160 e. The van der Waals surface area contributed by atoms with Crippen LogP contribution < -0.4 is 0 Å². The fraction of sp³-hybridized carbons (Fsp3) is 0.600. The molecule has 0 N–H and O–H groups in total. The smallest absolute Gasteiger partial charge is 0.160 e. The zero-order chi connectivity index (χ0) is 15.1. The van der Waals surface area contributed by atoms with Gasteiger partial charge in [0.05, 0.1) is 5.02 Å². The molecule has 0 radical (unpaired) electrons. The van der Waals surface area contributed by atoms with Crippen LogP contribution in [0.3, 0.4) is 0 Å². The monoisotopic (exact) mass is 345 g/mol. The van der Waals surface area contributed by atoms with E-state index in [-0.39, 0.29) is 0 Å². The highest BCUT2D eigenvalue weighted by molar-refractivity contribution is 7.98. The third-order valence-corrected chi connectivity index (χ3v) is 4.52. The average Bonchev–Trinajstić information content (AvgIpc) is 2.80. The number of fused-ring (bicyclic) bond motifs is 1. The third-order valence-electron chi connectivity index (χ3n) is 3.43. The molecule has 2 rings (SSSR count). The zero-order valence-corrected chi connectivity index (χ0v) is 14.6. The Hall–Kier alpha value is -0.450. The number of aryl methyl sites for hydroxylation is 2. The summed E-state index contributed by atoms with van der Waals surface area (Å²) in [7, 11) is 0. The normalized spacial score (nSPS) is 11.4. The zero-order valence-electron chi connectivity index (χ0n) is 12.3. The van der Waals surface area contributed by atoms with Gasteiger partial charge in [-0.3, -0.25) is 0 Å². The molecule has 0 aliphatic carbocycles. The van der Waals surface area contributed by atoms with Crippen molar-refractivity contribution >= 4 is 46.1 Å². The maximum atomic E-state index is 5.99. The molecule has 0 amide bonds. The van der Waals surface area contributed by atoms with Crippen LogP contribution in [0, 0.1) is 0 Å². The number of alkyl halides is 1. The van der Waals surface area contributed by atoms with E-state index in [1.54, 1.807) is 6.20 Å². The average molecular weight is 346 g/mol. The van der Waals surface area contributed by atoms with Crippen molar-refractivity contribution in [2.24, 2.45) is 0 Å². The van der Waals surface area contributed by atoms with E-state index in [0.29, 0.717) is 10.9 Å². The first-order valence-corrected chi connectivity index (χ1v) is 9.62. The van der Waals surface area contributed by atoms with Crippen LogP contribution in [0.15, 0.2) is 12.3 Å². The van der Waals surface area contributed by atoms with E-state index < -0.39 is 0 Å². The molecule has 116 valence electrons.